The van der Waals surface area contributed by atoms with Gasteiger partial charge in [0.05, 0.1) is 24.9 Å². The molecule has 7 heteroatoms. The predicted octanol–water partition coefficient (Wildman–Crippen LogP) is 2.11. The summed E-state index contributed by atoms with van der Waals surface area (Å²) in [6, 6.07) is 3.73. The van der Waals surface area contributed by atoms with E-state index in [1.807, 2.05) is 17.0 Å². The Labute approximate surface area is 166 Å². The molecule has 1 aromatic heterocycles. The summed E-state index contributed by atoms with van der Waals surface area (Å²) in [5.41, 5.74) is 0.681. The molecule has 3 aliphatic rings. The van der Waals surface area contributed by atoms with E-state index in [-0.39, 0.29) is 24.2 Å². The average molecular weight is 389 g/mol. The predicted molar refractivity (Wildman–Crippen MR) is 106 cm³/mol. The minimum absolute atomic E-state index is 0.0379. The summed E-state index contributed by atoms with van der Waals surface area (Å²) in [4.78, 5) is 22.0. The number of nitrogens with zero attached hydrogens (tertiary/aromatic N) is 3. The number of aromatic nitrogens is 1. The normalized spacial score (nSPS) is 27.9. The summed E-state index contributed by atoms with van der Waals surface area (Å²) in [6.45, 7) is 7.18. The van der Waals surface area contributed by atoms with E-state index in [9.17, 15) is 4.79 Å². The van der Waals surface area contributed by atoms with E-state index in [0.717, 1.165) is 57.8 Å². The number of hydrogen-bond acceptors (Lipinski definition) is 6. The van der Waals surface area contributed by atoms with Gasteiger partial charge in [-0.25, -0.2) is 4.98 Å². The van der Waals surface area contributed by atoms with Gasteiger partial charge in [0.25, 0.3) is 5.91 Å². The molecule has 0 aromatic carbocycles. The lowest BCUT2D eigenvalue weighted by Gasteiger charge is -2.32. The lowest BCUT2D eigenvalue weighted by Crippen LogP contribution is -2.43. The van der Waals surface area contributed by atoms with Gasteiger partial charge in [-0.15, -0.1) is 0 Å². The fraction of sp³-hybridized carbons (Fsp3) is 0.714. The lowest BCUT2D eigenvalue weighted by molar-refractivity contribution is 0.0307. The third-order valence-electron chi connectivity index (χ3n) is 5.74. The molecule has 3 saturated heterocycles. The van der Waals surface area contributed by atoms with E-state index in [0.29, 0.717) is 25.3 Å². The molecule has 0 saturated carbocycles. The first-order chi connectivity index (χ1) is 13.7. The molecule has 0 spiro atoms. The third-order valence-corrected chi connectivity index (χ3v) is 5.74. The van der Waals surface area contributed by atoms with Gasteiger partial charge in [-0.3, -0.25) is 4.79 Å². The molecule has 0 N–H and O–H groups in total. The number of ether oxygens (including phenoxy) is 3. The molecule has 3 atom stereocenters. The van der Waals surface area contributed by atoms with Crippen LogP contribution in [0.25, 0.3) is 0 Å². The monoisotopic (exact) mass is 389 g/mol. The molecule has 28 heavy (non-hydrogen) atoms. The number of anilines is 1. The van der Waals surface area contributed by atoms with Gasteiger partial charge in [-0.2, -0.15) is 0 Å². The van der Waals surface area contributed by atoms with E-state index >= 15 is 0 Å². The Balaban J connectivity index is 1.49. The topological polar surface area (TPSA) is 64.1 Å². The van der Waals surface area contributed by atoms with E-state index in [1.165, 1.54) is 0 Å². The van der Waals surface area contributed by atoms with Crippen LogP contribution in [0.4, 0.5) is 5.82 Å². The molecule has 0 unspecified atom stereocenters. The molecule has 1 aromatic rings. The summed E-state index contributed by atoms with van der Waals surface area (Å²) < 4.78 is 17.2. The molecule has 7 nitrogen and oxygen atoms in total. The first kappa shape index (κ1) is 19.6. The van der Waals surface area contributed by atoms with E-state index in [4.69, 9.17) is 14.2 Å². The molecule has 0 aliphatic carbocycles. The van der Waals surface area contributed by atoms with Gasteiger partial charge in [0, 0.05) is 51.2 Å². The Morgan fingerprint density at radius 2 is 1.86 bits per heavy atom. The van der Waals surface area contributed by atoms with Crippen molar-refractivity contribution in [3.63, 3.8) is 0 Å². The second kappa shape index (κ2) is 9.20. The van der Waals surface area contributed by atoms with Crippen LogP contribution >= 0.6 is 0 Å². The molecular formula is C21H31N3O4. The van der Waals surface area contributed by atoms with Crippen LogP contribution in [0.1, 0.15) is 43.0 Å². The molecule has 4 heterocycles. The summed E-state index contributed by atoms with van der Waals surface area (Å²) in [6.07, 6.45) is 6.34. The molecule has 3 aliphatic heterocycles. The number of hydrogen-bond donors (Lipinski definition) is 0. The smallest absolute Gasteiger partial charge is 0.254 e. The standard InChI is InChI=1S/C21H31N3O4/c1-16-13-23(8-11-26-16)20-12-17(6-7-22-20)21(25)24(14-18-4-2-9-27-18)15-19-5-3-10-28-19/h6-7,12,16,18-19H,2-5,8-11,13-15H2,1H3/t16-,18-,19-/m1/s1. The van der Waals surface area contributed by atoms with Gasteiger partial charge >= 0.3 is 0 Å². The van der Waals surface area contributed by atoms with Crippen molar-refractivity contribution in [2.75, 3.05) is 50.9 Å². The van der Waals surface area contributed by atoms with Crippen molar-refractivity contribution in [2.24, 2.45) is 0 Å². The number of rotatable bonds is 6. The maximum atomic E-state index is 13.4. The fourth-order valence-electron chi connectivity index (χ4n) is 4.24. The number of amides is 1. The average Bonchev–Trinajstić information content (AvgIpc) is 3.41. The molecule has 0 bridgehead atoms. The van der Waals surface area contributed by atoms with Gasteiger partial charge < -0.3 is 24.0 Å². The van der Waals surface area contributed by atoms with Crippen LogP contribution in [0, 0.1) is 0 Å². The second-order valence-electron chi connectivity index (χ2n) is 8.01. The van der Waals surface area contributed by atoms with Crippen molar-refractivity contribution in [3.05, 3.63) is 23.9 Å². The van der Waals surface area contributed by atoms with Crippen LogP contribution in [0.3, 0.4) is 0 Å². The maximum Gasteiger partial charge on any atom is 0.254 e. The van der Waals surface area contributed by atoms with E-state index in [2.05, 4.69) is 16.8 Å². The van der Waals surface area contributed by atoms with Gasteiger partial charge in [-0.05, 0) is 44.7 Å². The summed E-state index contributed by atoms with van der Waals surface area (Å²) in [5, 5.41) is 0. The Hall–Kier alpha value is -1.70. The van der Waals surface area contributed by atoms with Crippen molar-refractivity contribution in [2.45, 2.75) is 50.9 Å². The van der Waals surface area contributed by atoms with Crippen LogP contribution in [0.15, 0.2) is 18.3 Å². The largest absolute Gasteiger partial charge is 0.376 e. The highest BCUT2D eigenvalue weighted by Crippen LogP contribution is 2.21. The van der Waals surface area contributed by atoms with Crippen LogP contribution in [-0.2, 0) is 14.2 Å². The van der Waals surface area contributed by atoms with E-state index < -0.39 is 0 Å². The number of morpholine rings is 1. The Kier molecular flexibility index (Phi) is 6.44. The van der Waals surface area contributed by atoms with Crippen molar-refractivity contribution in [3.8, 4) is 0 Å². The van der Waals surface area contributed by atoms with Gasteiger partial charge in [0.15, 0.2) is 0 Å². The van der Waals surface area contributed by atoms with Crippen LogP contribution in [-0.4, -0.2) is 80.1 Å². The van der Waals surface area contributed by atoms with Crippen LogP contribution in [0.2, 0.25) is 0 Å². The fourth-order valence-corrected chi connectivity index (χ4v) is 4.24. The minimum Gasteiger partial charge on any atom is -0.376 e. The molecule has 154 valence electrons. The lowest BCUT2D eigenvalue weighted by atomic mass is 10.1. The SMILES string of the molecule is C[C@@H]1CN(c2cc(C(=O)N(C[C@H]3CCCO3)C[C@H]3CCCO3)ccn2)CCO1. The Morgan fingerprint density at radius 3 is 2.46 bits per heavy atom. The summed E-state index contributed by atoms with van der Waals surface area (Å²) in [7, 11) is 0. The van der Waals surface area contributed by atoms with Gasteiger partial charge in [0.1, 0.15) is 5.82 Å². The van der Waals surface area contributed by atoms with Crippen LogP contribution in [0.5, 0.6) is 0 Å². The first-order valence-electron chi connectivity index (χ1n) is 10.5. The van der Waals surface area contributed by atoms with Crippen molar-refractivity contribution in [1.29, 1.82) is 0 Å². The number of carbonyl (C=O) groups excluding carboxylic acids is 1. The van der Waals surface area contributed by atoms with Gasteiger partial charge in [0.2, 0.25) is 0 Å². The van der Waals surface area contributed by atoms with Gasteiger partial charge in [-0.1, -0.05) is 0 Å². The summed E-state index contributed by atoms with van der Waals surface area (Å²) in [5.74, 6) is 0.881. The molecule has 3 fully saturated rings. The summed E-state index contributed by atoms with van der Waals surface area (Å²) >= 11 is 0. The Morgan fingerprint density at radius 1 is 1.14 bits per heavy atom. The molecule has 0 radical (unpaired) electrons. The molecular weight excluding hydrogens is 358 g/mol. The highest BCUT2D eigenvalue weighted by atomic mass is 16.5. The molecule has 4 rings (SSSR count). The Bertz CT molecular complexity index is 641. The number of pyridine rings is 1. The first-order valence-corrected chi connectivity index (χ1v) is 10.5. The van der Waals surface area contributed by atoms with Crippen LogP contribution < -0.4 is 4.90 Å². The quantitative estimate of drug-likeness (QED) is 0.743. The van der Waals surface area contributed by atoms with Crippen molar-refractivity contribution in [1.82, 2.24) is 9.88 Å². The number of carbonyl (C=O) groups is 1. The maximum absolute atomic E-state index is 13.4. The second-order valence-corrected chi connectivity index (χ2v) is 8.01. The van der Waals surface area contributed by atoms with Crippen molar-refractivity contribution >= 4 is 11.7 Å². The zero-order chi connectivity index (χ0) is 19.3. The van der Waals surface area contributed by atoms with Crippen molar-refractivity contribution < 1.29 is 19.0 Å². The zero-order valence-electron chi connectivity index (χ0n) is 16.7. The third kappa shape index (κ3) is 4.82. The van der Waals surface area contributed by atoms with E-state index in [1.54, 1.807) is 6.20 Å². The zero-order valence-corrected chi connectivity index (χ0v) is 16.7. The highest BCUT2D eigenvalue weighted by molar-refractivity contribution is 5.95. The minimum atomic E-state index is 0.0379. The highest BCUT2D eigenvalue weighted by Gasteiger charge is 2.28. The molecule has 1 amide bonds.